The summed E-state index contributed by atoms with van der Waals surface area (Å²) in [6, 6.07) is 0. The van der Waals surface area contributed by atoms with Gasteiger partial charge in [-0.15, -0.1) is 0 Å². The van der Waals surface area contributed by atoms with Crippen LogP contribution in [0.2, 0.25) is 0 Å². The molecule has 0 saturated carbocycles. The first-order valence-electron chi connectivity index (χ1n) is 5.48. The normalized spacial score (nSPS) is 10.4. The third-order valence-corrected chi connectivity index (χ3v) is 2.63. The quantitative estimate of drug-likeness (QED) is 0.817. The molecule has 0 unspecified atom stereocenters. The van der Waals surface area contributed by atoms with Gasteiger partial charge in [0.05, 0.1) is 0 Å². The minimum absolute atomic E-state index is 0.00750. The monoisotopic (exact) mass is 209 g/mol. The number of aromatic nitrogens is 2. The Labute approximate surface area is 90.3 Å². The van der Waals surface area contributed by atoms with E-state index in [-0.39, 0.29) is 5.56 Å². The number of H-pyrrole nitrogens is 1. The molecule has 15 heavy (non-hydrogen) atoms. The third kappa shape index (κ3) is 2.37. The second-order valence-corrected chi connectivity index (χ2v) is 3.48. The first kappa shape index (κ1) is 11.8. The molecule has 0 amide bonds. The number of aromatic amines is 1. The molecule has 0 bridgehead atoms. The minimum Gasteiger partial charge on any atom is -0.343 e. The minimum atomic E-state index is -0.00750. The zero-order chi connectivity index (χ0) is 11.4. The molecule has 0 saturated heterocycles. The molecule has 0 spiro atoms. The molecule has 0 aromatic carbocycles. The predicted molar refractivity (Wildman–Crippen MR) is 62.5 cm³/mol. The summed E-state index contributed by atoms with van der Waals surface area (Å²) in [6.07, 6.45) is 0.729. The average molecular weight is 209 g/mol. The molecule has 0 aliphatic rings. The summed E-state index contributed by atoms with van der Waals surface area (Å²) in [5, 5.41) is 0. The van der Waals surface area contributed by atoms with Gasteiger partial charge in [0.2, 0.25) is 5.95 Å². The first-order valence-corrected chi connectivity index (χ1v) is 5.48. The van der Waals surface area contributed by atoms with Gasteiger partial charge in [-0.2, -0.15) is 0 Å². The molecule has 1 aromatic heterocycles. The number of nitrogens with zero attached hydrogens (tertiary/aromatic N) is 2. The largest absolute Gasteiger partial charge is 0.343 e. The van der Waals surface area contributed by atoms with Crippen LogP contribution in [0.25, 0.3) is 0 Å². The van der Waals surface area contributed by atoms with Crippen LogP contribution in [0.3, 0.4) is 0 Å². The van der Waals surface area contributed by atoms with Crippen molar-refractivity contribution in [3.8, 4) is 0 Å². The fraction of sp³-hybridized carbons (Fsp3) is 0.636. The standard InChI is InChI=1S/C11H19N3O/c1-5-9-8(4)12-11(13-10(9)15)14(6-2)7-3/h5-7H2,1-4H3,(H,12,13,15). The lowest BCUT2D eigenvalue weighted by molar-refractivity contribution is 0.802. The molecule has 1 aromatic rings. The summed E-state index contributed by atoms with van der Waals surface area (Å²) < 4.78 is 0. The van der Waals surface area contributed by atoms with Gasteiger partial charge in [-0.25, -0.2) is 4.98 Å². The molecular weight excluding hydrogens is 190 g/mol. The maximum absolute atomic E-state index is 11.7. The summed E-state index contributed by atoms with van der Waals surface area (Å²) in [5.74, 6) is 0.680. The molecule has 0 aliphatic heterocycles. The van der Waals surface area contributed by atoms with E-state index >= 15 is 0 Å². The summed E-state index contributed by atoms with van der Waals surface area (Å²) in [7, 11) is 0. The van der Waals surface area contributed by atoms with E-state index in [1.54, 1.807) is 0 Å². The van der Waals surface area contributed by atoms with E-state index in [1.165, 1.54) is 0 Å². The fourth-order valence-electron chi connectivity index (χ4n) is 1.68. The highest BCUT2D eigenvalue weighted by Crippen LogP contribution is 2.07. The Morgan fingerprint density at radius 3 is 2.27 bits per heavy atom. The molecule has 0 fully saturated rings. The Kier molecular flexibility index (Phi) is 3.88. The molecule has 4 nitrogen and oxygen atoms in total. The smallest absolute Gasteiger partial charge is 0.255 e. The highest BCUT2D eigenvalue weighted by molar-refractivity contribution is 5.32. The Morgan fingerprint density at radius 2 is 1.87 bits per heavy atom. The summed E-state index contributed by atoms with van der Waals surface area (Å²) in [6.45, 7) is 9.66. The number of aryl methyl sites for hydroxylation is 1. The van der Waals surface area contributed by atoms with Gasteiger partial charge in [0.25, 0.3) is 5.56 Å². The van der Waals surface area contributed by atoms with Gasteiger partial charge in [0.15, 0.2) is 0 Å². The van der Waals surface area contributed by atoms with Crippen molar-refractivity contribution in [1.29, 1.82) is 0 Å². The van der Waals surface area contributed by atoms with Crippen LogP contribution in [0, 0.1) is 6.92 Å². The van der Waals surface area contributed by atoms with Gasteiger partial charge in [0, 0.05) is 24.3 Å². The van der Waals surface area contributed by atoms with Crippen LogP contribution in [0.4, 0.5) is 5.95 Å². The molecule has 1 heterocycles. The maximum Gasteiger partial charge on any atom is 0.255 e. The zero-order valence-electron chi connectivity index (χ0n) is 9.92. The van der Waals surface area contributed by atoms with Crippen LogP contribution >= 0.6 is 0 Å². The molecule has 1 N–H and O–H groups in total. The predicted octanol–water partition coefficient (Wildman–Crippen LogP) is 1.49. The highest BCUT2D eigenvalue weighted by atomic mass is 16.1. The van der Waals surface area contributed by atoms with E-state index in [0.717, 1.165) is 30.8 Å². The Bertz CT molecular complexity index is 380. The summed E-state index contributed by atoms with van der Waals surface area (Å²) in [4.78, 5) is 21.0. The van der Waals surface area contributed by atoms with E-state index in [1.807, 2.05) is 32.6 Å². The highest BCUT2D eigenvalue weighted by Gasteiger charge is 2.09. The van der Waals surface area contributed by atoms with Crippen LogP contribution in [0.15, 0.2) is 4.79 Å². The van der Waals surface area contributed by atoms with Gasteiger partial charge >= 0.3 is 0 Å². The van der Waals surface area contributed by atoms with E-state index in [9.17, 15) is 4.79 Å². The van der Waals surface area contributed by atoms with E-state index in [4.69, 9.17) is 0 Å². The molecule has 1 rings (SSSR count). The van der Waals surface area contributed by atoms with Crippen molar-refractivity contribution >= 4 is 5.95 Å². The van der Waals surface area contributed by atoms with Gasteiger partial charge in [0.1, 0.15) is 0 Å². The fourth-order valence-corrected chi connectivity index (χ4v) is 1.68. The summed E-state index contributed by atoms with van der Waals surface area (Å²) >= 11 is 0. The third-order valence-electron chi connectivity index (χ3n) is 2.63. The van der Waals surface area contributed by atoms with Gasteiger partial charge in [-0.3, -0.25) is 9.78 Å². The first-order chi connectivity index (χ1) is 7.13. The Hall–Kier alpha value is -1.32. The molecule has 84 valence electrons. The van der Waals surface area contributed by atoms with Gasteiger partial charge in [-0.1, -0.05) is 6.92 Å². The summed E-state index contributed by atoms with van der Waals surface area (Å²) in [5.41, 5.74) is 1.61. The van der Waals surface area contributed by atoms with Crippen molar-refractivity contribution in [1.82, 2.24) is 9.97 Å². The zero-order valence-corrected chi connectivity index (χ0v) is 9.92. The molecular formula is C11H19N3O. The molecule has 4 heteroatoms. The van der Waals surface area contributed by atoms with E-state index in [2.05, 4.69) is 9.97 Å². The SMILES string of the molecule is CCc1c(C)nc(N(CC)CC)[nH]c1=O. The van der Waals surface area contributed by atoms with Crippen molar-refractivity contribution in [2.75, 3.05) is 18.0 Å². The van der Waals surface area contributed by atoms with Gasteiger partial charge < -0.3 is 4.90 Å². The van der Waals surface area contributed by atoms with Crippen molar-refractivity contribution in [3.05, 3.63) is 21.6 Å². The van der Waals surface area contributed by atoms with Crippen LogP contribution in [-0.4, -0.2) is 23.1 Å². The van der Waals surface area contributed by atoms with E-state index in [0.29, 0.717) is 5.95 Å². The number of hydrogen-bond acceptors (Lipinski definition) is 3. The molecule has 0 aliphatic carbocycles. The lowest BCUT2D eigenvalue weighted by atomic mass is 10.2. The topological polar surface area (TPSA) is 49.0 Å². The van der Waals surface area contributed by atoms with Gasteiger partial charge in [-0.05, 0) is 27.2 Å². The molecule has 0 atom stereocenters. The van der Waals surface area contributed by atoms with Crippen LogP contribution in [-0.2, 0) is 6.42 Å². The lowest BCUT2D eigenvalue weighted by Gasteiger charge is -2.19. The van der Waals surface area contributed by atoms with Crippen molar-refractivity contribution in [3.63, 3.8) is 0 Å². The second-order valence-electron chi connectivity index (χ2n) is 3.48. The van der Waals surface area contributed by atoms with Crippen molar-refractivity contribution < 1.29 is 0 Å². The Morgan fingerprint density at radius 1 is 1.27 bits per heavy atom. The maximum atomic E-state index is 11.7. The average Bonchev–Trinajstić information content (AvgIpc) is 2.19. The molecule has 0 radical (unpaired) electrons. The van der Waals surface area contributed by atoms with Crippen molar-refractivity contribution in [2.24, 2.45) is 0 Å². The Balaban J connectivity index is 3.19. The number of rotatable bonds is 4. The number of nitrogens with one attached hydrogen (secondary N) is 1. The van der Waals surface area contributed by atoms with E-state index < -0.39 is 0 Å². The van der Waals surface area contributed by atoms with Crippen molar-refractivity contribution in [2.45, 2.75) is 34.1 Å². The second kappa shape index (κ2) is 4.96. The van der Waals surface area contributed by atoms with Crippen LogP contribution in [0.5, 0.6) is 0 Å². The van der Waals surface area contributed by atoms with Crippen LogP contribution in [0.1, 0.15) is 32.0 Å². The number of anilines is 1. The lowest BCUT2D eigenvalue weighted by Crippen LogP contribution is -2.28. The number of hydrogen-bond donors (Lipinski definition) is 1. The van der Waals surface area contributed by atoms with Crippen LogP contribution < -0.4 is 10.5 Å².